The molecule has 1 amide bonds. The number of benzene rings is 2. The zero-order valence-electron chi connectivity index (χ0n) is 19.6. The predicted octanol–water partition coefficient (Wildman–Crippen LogP) is 4.82. The van der Waals surface area contributed by atoms with Crippen molar-refractivity contribution in [2.24, 2.45) is 0 Å². The molecule has 2 aliphatic heterocycles. The van der Waals surface area contributed by atoms with Gasteiger partial charge in [-0.05, 0) is 52.8 Å². The monoisotopic (exact) mass is 489 g/mol. The molecular formula is C26H35NO4S2. The van der Waals surface area contributed by atoms with Gasteiger partial charge in [-0.2, -0.15) is 23.5 Å². The van der Waals surface area contributed by atoms with E-state index < -0.39 is 5.54 Å². The number of amides is 1. The average molecular weight is 490 g/mol. The summed E-state index contributed by atoms with van der Waals surface area (Å²) in [6, 6.07) is 12.6. The lowest BCUT2D eigenvalue weighted by Gasteiger charge is -2.39. The molecule has 0 aliphatic carbocycles. The maximum atomic E-state index is 13.7. The van der Waals surface area contributed by atoms with Gasteiger partial charge in [0.15, 0.2) is 0 Å². The lowest BCUT2D eigenvalue weighted by molar-refractivity contribution is -0.0466. The van der Waals surface area contributed by atoms with E-state index in [1.807, 2.05) is 34.5 Å². The summed E-state index contributed by atoms with van der Waals surface area (Å²) in [7, 11) is 0. The molecule has 0 aromatic heterocycles. The second kappa shape index (κ2) is 12.5. The zero-order valence-corrected chi connectivity index (χ0v) is 21.2. The normalized spacial score (nSPS) is 22.0. The van der Waals surface area contributed by atoms with Crippen LogP contribution in [0, 0.1) is 0 Å². The predicted molar refractivity (Wildman–Crippen MR) is 139 cm³/mol. The van der Waals surface area contributed by atoms with Gasteiger partial charge in [-0.3, -0.25) is 4.79 Å². The number of rotatable bonds is 8. The fourth-order valence-corrected chi connectivity index (χ4v) is 6.55. The fourth-order valence-electron chi connectivity index (χ4n) is 4.77. The molecule has 1 fully saturated rings. The van der Waals surface area contributed by atoms with Crippen LogP contribution in [0.2, 0.25) is 0 Å². The van der Waals surface area contributed by atoms with E-state index in [0.717, 1.165) is 35.1 Å². The molecule has 0 saturated carbocycles. The Balaban J connectivity index is 1.62. The molecule has 180 valence electrons. The van der Waals surface area contributed by atoms with E-state index in [2.05, 4.69) is 37.3 Å². The number of hydrogen-bond donors (Lipinski definition) is 0. The minimum absolute atomic E-state index is 0.100. The third kappa shape index (κ3) is 5.88. The van der Waals surface area contributed by atoms with Crippen LogP contribution in [0.1, 0.15) is 35.7 Å². The Morgan fingerprint density at radius 1 is 0.909 bits per heavy atom. The highest BCUT2D eigenvalue weighted by Gasteiger charge is 2.49. The summed E-state index contributed by atoms with van der Waals surface area (Å²) in [5.41, 5.74) is 1.46. The molecule has 1 saturated heterocycles. The minimum Gasteiger partial charge on any atom is -0.377 e. The smallest absolute Gasteiger partial charge is 0.255 e. The number of carbonyl (C=O) groups excluding carboxylic acids is 1. The first-order valence-corrected chi connectivity index (χ1v) is 14.3. The van der Waals surface area contributed by atoms with Gasteiger partial charge in [0.2, 0.25) is 0 Å². The van der Waals surface area contributed by atoms with Crippen molar-refractivity contribution in [1.82, 2.24) is 4.90 Å². The topological polar surface area (TPSA) is 48.0 Å². The van der Waals surface area contributed by atoms with Crippen LogP contribution in [-0.2, 0) is 19.7 Å². The van der Waals surface area contributed by atoms with Gasteiger partial charge < -0.3 is 19.1 Å². The first kappa shape index (κ1) is 24.9. The summed E-state index contributed by atoms with van der Waals surface area (Å²) >= 11 is 4.00. The number of carbonyl (C=O) groups is 1. The van der Waals surface area contributed by atoms with Crippen molar-refractivity contribution < 1.29 is 19.0 Å². The van der Waals surface area contributed by atoms with E-state index in [1.54, 1.807) is 0 Å². The SMILES string of the molecule is CCSCCSCCCC12COCCOCCOCCN1C(=O)c1cc3ccccc3cc12. The molecule has 0 radical (unpaired) electrons. The van der Waals surface area contributed by atoms with Crippen molar-refractivity contribution >= 4 is 40.2 Å². The summed E-state index contributed by atoms with van der Waals surface area (Å²) in [5, 5.41) is 2.27. The lowest BCUT2D eigenvalue weighted by atomic mass is 9.84. The third-order valence-corrected chi connectivity index (χ3v) is 8.61. The number of nitrogens with zero attached hydrogens (tertiary/aromatic N) is 1. The standard InChI is InChI=1S/C26H35NO4S2/c1-2-32-16-17-33-15-5-8-26-20-31-14-13-30-12-11-29-10-9-27(26)25(28)23-18-21-6-3-4-7-22(21)19-24(23)26/h3-4,6-7,18-19H,2,5,8-17,20H2,1H3. The molecule has 2 aliphatic rings. The summed E-state index contributed by atoms with van der Waals surface area (Å²) in [6.45, 7) is 5.93. The van der Waals surface area contributed by atoms with Crippen LogP contribution in [0.4, 0.5) is 0 Å². The van der Waals surface area contributed by atoms with Crippen LogP contribution >= 0.6 is 23.5 Å². The minimum atomic E-state index is -0.461. The molecule has 1 atom stereocenters. The molecule has 2 aromatic carbocycles. The Morgan fingerprint density at radius 3 is 2.39 bits per heavy atom. The van der Waals surface area contributed by atoms with Gasteiger partial charge in [-0.15, -0.1) is 0 Å². The first-order valence-electron chi connectivity index (χ1n) is 12.0. The van der Waals surface area contributed by atoms with Crippen molar-refractivity contribution in [3.8, 4) is 0 Å². The molecule has 33 heavy (non-hydrogen) atoms. The van der Waals surface area contributed by atoms with Gasteiger partial charge in [-0.25, -0.2) is 0 Å². The maximum absolute atomic E-state index is 13.7. The van der Waals surface area contributed by atoms with Crippen molar-refractivity contribution in [3.63, 3.8) is 0 Å². The zero-order chi connectivity index (χ0) is 22.9. The van der Waals surface area contributed by atoms with Crippen LogP contribution in [0.3, 0.4) is 0 Å². The molecule has 5 nitrogen and oxygen atoms in total. The van der Waals surface area contributed by atoms with Crippen molar-refractivity contribution in [2.45, 2.75) is 25.3 Å². The number of ether oxygens (including phenoxy) is 3. The van der Waals surface area contributed by atoms with Crippen LogP contribution < -0.4 is 0 Å². The highest BCUT2D eigenvalue weighted by Crippen LogP contribution is 2.44. The van der Waals surface area contributed by atoms with E-state index in [9.17, 15) is 4.79 Å². The van der Waals surface area contributed by atoms with Crippen LogP contribution in [0.5, 0.6) is 0 Å². The Kier molecular flexibility index (Phi) is 9.38. The van der Waals surface area contributed by atoms with Crippen molar-refractivity contribution in [2.75, 3.05) is 69.2 Å². The molecular weight excluding hydrogens is 454 g/mol. The number of hydrogen-bond acceptors (Lipinski definition) is 6. The highest BCUT2D eigenvalue weighted by molar-refractivity contribution is 8.02. The van der Waals surface area contributed by atoms with E-state index in [-0.39, 0.29) is 5.91 Å². The Labute approximate surface area is 205 Å². The largest absolute Gasteiger partial charge is 0.377 e. The lowest BCUT2D eigenvalue weighted by Crippen LogP contribution is -2.49. The van der Waals surface area contributed by atoms with E-state index >= 15 is 0 Å². The van der Waals surface area contributed by atoms with Gasteiger partial charge >= 0.3 is 0 Å². The molecule has 0 bridgehead atoms. The second-order valence-corrected chi connectivity index (χ2v) is 11.0. The molecule has 0 spiro atoms. The van der Waals surface area contributed by atoms with Crippen molar-refractivity contribution in [1.29, 1.82) is 0 Å². The average Bonchev–Trinajstić information content (AvgIpc) is 3.04. The third-order valence-electron chi connectivity index (χ3n) is 6.38. The van der Waals surface area contributed by atoms with E-state index in [4.69, 9.17) is 14.2 Å². The quantitative estimate of drug-likeness (QED) is 0.496. The summed E-state index contributed by atoms with van der Waals surface area (Å²) < 4.78 is 17.6. The Morgan fingerprint density at radius 2 is 1.61 bits per heavy atom. The van der Waals surface area contributed by atoms with Crippen LogP contribution in [-0.4, -0.2) is 80.0 Å². The van der Waals surface area contributed by atoms with Gasteiger partial charge in [0, 0.05) is 23.6 Å². The molecule has 0 N–H and O–H groups in total. The Bertz CT molecular complexity index is 924. The number of thioether (sulfide) groups is 2. The summed E-state index contributed by atoms with van der Waals surface area (Å²) in [5.74, 6) is 4.75. The molecule has 1 unspecified atom stereocenters. The Hall–Kier alpha value is -1.25. The van der Waals surface area contributed by atoms with Gasteiger partial charge in [0.1, 0.15) is 0 Å². The van der Waals surface area contributed by atoms with E-state index in [0.29, 0.717) is 46.2 Å². The highest BCUT2D eigenvalue weighted by atomic mass is 32.2. The molecule has 2 heterocycles. The fraction of sp³-hybridized carbons (Fsp3) is 0.577. The second-order valence-electron chi connectivity index (χ2n) is 8.42. The molecule has 2 aromatic rings. The molecule has 4 rings (SSSR count). The van der Waals surface area contributed by atoms with Gasteiger partial charge in [0.25, 0.3) is 5.91 Å². The summed E-state index contributed by atoms with van der Waals surface area (Å²) in [6.07, 6.45) is 1.93. The molecule has 7 heteroatoms. The van der Waals surface area contributed by atoms with Crippen LogP contribution in [0.15, 0.2) is 36.4 Å². The van der Waals surface area contributed by atoms with Gasteiger partial charge in [-0.1, -0.05) is 31.2 Å². The summed E-state index contributed by atoms with van der Waals surface area (Å²) in [4.78, 5) is 15.7. The van der Waals surface area contributed by atoms with Gasteiger partial charge in [0.05, 0.1) is 45.2 Å². The first-order chi connectivity index (χ1) is 16.3. The maximum Gasteiger partial charge on any atom is 0.255 e. The van der Waals surface area contributed by atoms with Crippen molar-refractivity contribution in [3.05, 3.63) is 47.5 Å². The van der Waals surface area contributed by atoms with E-state index in [1.165, 1.54) is 22.6 Å². The number of fused-ring (bicyclic) bond motifs is 4. The van der Waals surface area contributed by atoms with Crippen LogP contribution in [0.25, 0.3) is 10.8 Å².